The van der Waals surface area contributed by atoms with E-state index in [-0.39, 0.29) is 17.9 Å². The molecular weight excluding hydrogens is 384 g/mol. The molecule has 2 amide bonds. The predicted molar refractivity (Wildman–Crippen MR) is 117 cm³/mol. The minimum atomic E-state index is -0.568. The number of benzene rings is 2. The lowest BCUT2D eigenvalue weighted by Crippen LogP contribution is -2.52. The molecule has 1 N–H and O–H groups in total. The van der Waals surface area contributed by atoms with Gasteiger partial charge in [-0.2, -0.15) is 0 Å². The molecule has 154 valence electrons. The van der Waals surface area contributed by atoms with Crippen molar-refractivity contribution in [3.8, 4) is 0 Å². The molecule has 1 saturated carbocycles. The molecule has 0 heterocycles. The highest BCUT2D eigenvalue weighted by Crippen LogP contribution is 2.22. The van der Waals surface area contributed by atoms with Crippen molar-refractivity contribution in [3.05, 3.63) is 70.7 Å². The topological polar surface area (TPSA) is 49.4 Å². The summed E-state index contributed by atoms with van der Waals surface area (Å²) in [5.41, 5.74) is 1.88. The Kier molecular flexibility index (Phi) is 7.70. The van der Waals surface area contributed by atoms with Gasteiger partial charge < -0.3 is 10.2 Å². The smallest absolute Gasteiger partial charge is 0.243 e. The first-order chi connectivity index (χ1) is 14.1. The van der Waals surface area contributed by atoms with E-state index in [2.05, 4.69) is 5.32 Å². The Morgan fingerprint density at radius 2 is 1.72 bits per heavy atom. The molecule has 2 aromatic carbocycles. The van der Waals surface area contributed by atoms with Crippen LogP contribution >= 0.6 is 11.6 Å². The van der Waals surface area contributed by atoms with Crippen LogP contribution in [-0.4, -0.2) is 28.8 Å². The van der Waals surface area contributed by atoms with Crippen molar-refractivity contribution in [1.29, 1.82) is 0 Å². The number of hydrogen-bond donors (Lipinski definition) is 1. The quantitative estimate of drug-likeness (QED) is 0.680. The van der Waals surface area contributed by atoms with Crippen LogP contribution in [0.2, 0.25) is 5.02 Å². The van der Waals surface area contributed by atoms with Crippen LogP contribution in [0.4, 0.5) is 0 Å². The second-order valence-electron chi connectivity index (χ2n) is 7.66. The van der Waals surface area contributed by atoms with E-state index in [1.165, 1.54) is 0 Å². The zero-order valence-electron chi connectivity index (χ0n) is 16.9. The Bertz CT molecular complexity index is 819. The van der Waals surface area contributed by atoms with Gasteiger partial charge >= 0.3 is 0 Å². The van der Waals surface area contributed by atoms with Gasteiger partial charge in [-0.25, -0.2) is 0 Å². The van der Waals surface area contributed by atoms with Crippen molar-refractivity contribution in [1.82, 2.24) is 10.2 Å². The Hall–Kier alpha value is -2.33. The number of halogens is 1. The van der Waals surface area contributed by atoms with Gasteiger partial charge in [0.2, 0.25) is 11.8 Å². The van der Waals surface area contributed by atoms with Crippen molar-refractivity contribution in [3.63, 3.8) is 0 Å². The van der Waals surface area contributed by atoms with E-state index in [1.54, 1.807) is 4.90 Å². The minimum absolute atomic E-state index is 0.0487. The van der Waals surface area contributed by atoms with Crippen LogP contribution in [-0.2, 0) is 22.6 Å². The molecule has 1 aliphatic rings. The molecule has 3 rings (SSSR count). The maximum Gasteiger partial charge on any atom is 0.243 e. The van der Waals surface area contributed by atoms with Gasteiger partial charge in [-0.05, 0) is 30.0 Å². The number of amides is 2. The molecule has 0 aliphatic heterocycles. The Morgan fingerprint density at radius 3 is 2.38 bits per heavy atom. The second kappa shape index (κ2) is 10.4. The van der Waals surface area contributed by atoms with Gasteiger partial charge in [0, 0.05) is 30.5 Å². The molecule has 0 radical (unpaired) electrons. The number of carbonyl (C=O) groups excluding carboxylic acids is 2. The summed E-state index contributed by atoms with van der Waals surface area (Å²) in [5, 5.41) is 3.80. The number of carbonyl (C=O) groups is 2. The van der Waals surface area contributed by atoms with Gasteiger partial charge in [0.25, 0.3) is 0 Å². The van der Waals surface area contributed by atoms with Gasteiger partial charge in [-0.3, -0.25) is 9.59 Å². The molecule has 1 atom stereocenters. The monoisotopic (exact) mass is 412 g/mol. The molecule has 0 unspecified atom stereocenters. The standard InChI is InChI=1S/C24H29ClN2O2/c1-2-23(28)27(17-19-12-6-9-15-21(19)25)22(16-18-10-4-3-5-11-18)24(29)26-20-13-7-8-14-20/h3-6,9-12,15,20,22H,2,7-8,13-14,16-17H2,1H3,(H,26,29)/t22-/m0/s1. The fraction of sp³-hybridized carbons (Fsp3) is 0.417. The molecule has 0 spiro atoms. The van der Waals surface area contributed by atoms with Gasteiger partial charge in [0.1, 0.15) is 6.04 Å². The lowest BCUT2D eigenvalue weighted by molar-refractivity contribution is -0.141. The average molecular weight is 413 g/mol. The lowest BCUT2D eigenvalue weighted by atomic mass is 10.0. The maximum atomic E-state index is 13.3. The molecule has 2 aromatic rings. The van der Waals surface area contributed by atoms with E-state index in [0.29, 0.717) is 24.4 Å². The van der Waals surface area contributed by atoms with Crippen molar-refractivity contribution in [2.24, 2.45) is 0 Å². The van der Waals surface area contributed by atoms with Crippen LogP contribution in [0.1, 0.15) is 50.2 Å². The van der Waals surface area contributed by atoms with E-state index in [1.807, 2.05) is 61.5 Å². The van der Waals surface area contributed by atoms with Crippen LogP contribution < -0.4 is 5.32 Å². The fourth-order valence-corrected chi connectivity index (χ4v) is 4.13. The van der Waals surface area contributed by atoms with E-state index >= 15 is 0 Å². The third-order valence-electron chi connectivity index (χ3n) is 5.57. The predicted octanol–water partition coefficient (Wildman–Crippen LogP) is 4.75. The third kappa shape index (κ3) is 5.83. The number of nitrogens with one attached hydrogen (secondary N) is 1. The first-order valence-electron chi connectivity index (χ1n) is 10.5. The van der Waals surface area contributed by atoms with Crippen molar-refractivity contribution < 1.29 is 9.59 Å². The summed E-state index contributed by atoms with van der Waals surface area (Å²) < 4.78 is 0. The molecule has 0 bridgehead atoms. The first kappa shape index (κ1) is 21.4. The fourth-order valence-electron chi connectivity index (χ4n) is 3.93. The summed E-state index contributed by atoms with van der Waals surface area (Å²) in [5.74, 6) is -0.123. The zero-order chi connectivity index (χ0) is 20.6. The maximum absolute atomic E-state index is 13.3. The SMILES string of the molecule is CCC(=O)N(Cc1ccccc1Cl)[C@@H](Cc1ccccc1)C(=O)NC1CCCC1. The normalized spacial score (nSPS) is 15.1. The highest BCUT2D eigenvalue weighted by atomic mass is 35.5. The van der Waals surface area contributed by atoms with Crippen molar-refractivity contribution in [2.45, 2.75) is 64.1 Å². The summed E-state index contributed by atoms with van der Waals surface area (Å²) >= 11 is 6.36. The average Bonchev–Trinajstić information content (AvgIpc) is 3.25. The second-order valence-corrected chi connectivity index (χ2v) is 8.07. The van der Waals surface area contributed by atoms with Gasteiger partial charge in [0.15, 0.2) is 0 Å². The number of rotatable bonds is 8. The van der Waals surface area contributed by atoms with Crippen molar-refractivity contribution >= 4 is 23.4 Å². The lowest BCUT2D eigenvalue weighted by Gasteiger charge is -2.32. The zero-order valence-corrected chi connectivity index (χ0v) is 17.7. The summed E-state index contributed by atoms with van der Waals surface area (Å²) in [4.78, 5) is 27.9. The Balaban J connectivity index is 1.88. The van der Waals surface area contributed by atoms with Crippen LogP contribution in [0.15, 0.2) is 54.6 Å². The summed E-state index contributed by atoms with van der Waals surface area (Å²) in [6, 6.07) is 17.0. The van der Waals surface area contributed by atoms with E-state index < -0.39 is 6.04 Å². The molecular formula is C24H29ClN2O2. The summed E-state index contributed by atoms with van der Waals surface area (Å²) in [7, 11) is 0. The van der Waals surface area contributed by atoms with Crippen LogP contribution in [0.25, 0.3) is 0 Å². The van der Waals surface area contributed by atoms with Crippen LogP contribution in [0.5, 0.6) is 0 Å². The van der Waals surface area contributed by atoms with E-state index in [4.69, 9.17) is 11.6 Å². The van der Waals surface area contributed by atoms with Gasteiger partial charge in [-0.1, -0.05) is 79.9 Å². The van der Waals surface area contributed by atoms with Crippen molar-refractivity contribution in [2.75, 3.05) is 0 Å². The highest BCUT2D eigenvalue weighted by molar-refractivity contribution is 6.31. The number of hydrogen-bond acceptors (Lipinski definition) is 2. The molecule has 4 nitrogen and oxygen atoms in total. The number of nitrogens with zero attached hydrogens (tertiary/aromatic N) is 1. The van der Waals surface area contributed by atoms with Crippen LogP contribution in [0.3, 0.4) is 0 Å². The highest BCUT2D eigenvalue weighted by Gasteiger charge is 2.31. The molecule has 0 saturated heterocycles. The summed E-state index contributed by atoms with van der Waals surface area (Å²) in [6.45, 7) is 2.15. The Labute approximate surface area is 178 Å². The molecule has 29 heavy (non-hydrogen) atoms. The molecule has 1 aliphatic carbocycles. The van der Waals surface area contributed by atoms with E-state index in [9.17, 15) is 9.59 Å². The van der Waals surface area contributed by atoms with E-state index in [0.717, 1.165) is 36.8 Å². The Morgan fingerprint density at radius 1 is 1.07 bits per heavy atom. The van der Waals surface area contributed by atoms with Crippen LogP contribution in [0, 0.1) is 0 Å². The first-order valence-corrected chi connectivity index (χ1v) is 10.8. The molecule has 1 fully saturated rings. The molecule has 0 aromatic heterocycles. The largest absolute Gasteiger partial charge is 0.352 e. The minimum Gasteiger partial charge on any atom is -0.352 e. The summed E-state index contributed by atoms with van der Waals surface area (Å²) in [6.07, 6.45) is 5.13. The van der Waals surface area contributed by atoms with Gasteiger partial charge in [0.05, 0.1) is 0 Å². The third-order valence-corrected chi connectivity index (χ3v) is 5.94. The molecule has 5 heteroatoms. The van der Waals surface area contributed by atoms with Gasteiger partial charge in [-0.15, -0.1) is 0 Å².